The molecule has 0 aliphatic carbocycles. The molecule has 0 bridgehead atoms. The summed E-state index contributed by atoms with van der Waals surface area (Å²) < 4.78 is 5.40. The first-order valence-electron chi connectivity index (χ1n) is 5.84. The van der Waals surface area contributed by atoms with Crippen LogP contribution in [0.1, 0.15) is 12.5 Å². The monoisotopic (exact) mass is 227 g/mol. The quantitative estimate of drug-likeness (QED) is 0.847. The molecule has 0 heterocycles. The van der Waals surface area contributed by atoms with E-state index in [9.17, 15) is 0 Å². The van der Waals surface area contributed by atoms with Gasteiger partial charge in [0.05, 0.1) is 6.61 Å². The minimum absolute atomic E-state index is 0.699. The largest absolute Gasteiger partial charge is 0.494 e. The van der Waals surface area contributed by atoms with Gasteiger partial charge in [-0.1, -0.05) is 17.7 Å². The zero-order chi connectivity index (χ0) is 12.1. The van der Waals surface area contributed by atoms with Crippen LogP contribution >= 0.6 is 0 Å². The van der Waals surface area contributed by atoms with Crippen LogP contribution in [0.2, 0.25) is 0 Å². The molecule has 0 saturated heterocycles. The van der Waals surface area contributed by atoms with Crippen LogP contribution in [0.5, 0.6) is 5.75 Å². The van der Waals surface area contributed by atoms with E-state index in [0.717, 1.165) is 17.1 Å². The predicted molar refractivity (Wildman–Crippen MR) is 72.1 cm³/mol. The third-order valence-electron chi connectivity index (χ3n) is 2.51. The fourth-order valence-corrected chi connectivity index (χ4v) is 1.60. The summed E-state index contributed by atoms with van der Waals surface area (Å²) in [4.78, 5) is 0. The van der Waals surface area contributed by atoms with Crippen LogP contribution in [-0.4, -0.2) is 6.61 Å². The van der Waals surface area contributed by atoms with Crippen LogP contribution in [0.4, 0.5) is 11.4 Å². The number of benzene rings is 2. The van der Waals surface area contributed by atoms with Crippen molar-refractivity contribution < 1.29 is 4.74 Å². The topological polar surface area (TPSA) is 21.3 Å². The Morgan fingerprint density at radius 3 is 1.94 bits per heavy atom. The lowest BCUT2D eigenvalue weighted by Crippen LogP contribution is -1.93. The van der Waals surface area contributed by atoms with Crippen LogP contribution in [0.15, 0.2) is 48.5 Å². The molecule has 0 amide bonds. The van der Waals surface area contributed by atoms with E-state index in [1.165, 1.54) is 5.56 Å². The van der Waals surface area contributed by atoms with Crippen molar-refractivity contribution in [3.8, 4) is 5.75 Å². The van der Waals surface area contributed by atoms with Gasteiger partial charge in [-0.3, -0.25) is 0 Å². The summed E-state index contributed by atoms with van der Waals surface area (Å²) in [6.07, 6.45) is 0. The average molecular weight is 227 g/mol. The highest BCUT2D eigenvalue weighted by Gasteiger charge is 1.95. The summed E-state index contributed by atoms with van der Waals surface area (Å²) in [6.45, 7) is 4.77. The lowest BCUT2D eigenvalue weighted by Gasteiger charge is -2.08. The Morgan fingerprint density at radius 2 is 1.41 bits per heavy atom. The fourth-order valence-electron chi connectivity index (χ4n) is 1.60. The number of hydrogen-bond acceptors (Lipinski definition) is 2. The van der Waals surface area contributed by atoms with E-state index in [-0.39, 0.29) is 0 Å². The average Bonchev–Trinajstić information content (AvgIpc) is 2.35. The second-order valence-corrected chi connectivity index (χ2v) is 3.95. The summed E-state index contributed by atoms with van der Waals surface area (Å²) in [5, 5.41) is 3.34. The Morgan fingerprint density at radius 1 is 0.882 bits per heavy atom. The Hall–Kier alpha value is -1.96. The van der Waals surface area contributed by atoms with E-state index >= 15 is 0 Å². The van der Waals surface area contributed by atoms with Crippen LogP contribution in [-0.2, 0) is 0 Å². The van der Waals surface area contributed by atoms with Gasteiger partial charge in [-0.25, -0.2) is 0 Å². The molecular formula is C15H17NO. The molecule has 1 N–H and O–H groups in total. The van der Waals surface area contributed by atoms with E-state index in [1.54, 1.807) is 0 Å². The Balaban J connectivity index is 2.05. The van der Waals surface area contributed by atoms with Crippen LogP contribution < -0.4 is 10.1 Å². The van der Waals surface area contributed by atoms with Crippen LogP contribution in [0, 0.1) is 6.92 Å². The molecule has 0 radical (unpaired) electrons. The summed E-state index contributed by atoms with van der Waals surface area (Å²) in [6, 6.07) is 16.3. The molecule has 17 heavy (non-hydrogen) atoms. The van der Waals surface area contributed by atoms with Crippen molar-refractivity contribution in [1.29, 1.82) is 0 Å². The molecule has 0 aliphatic rings. The second kappa shape index (κ2) is 5.39. The van der Waals surface area contributed by atoms with Gasteiger partial charge in [0.1, 0.15) is 5.75 Å². The highest BCUT2D eigenvalue weighted by atomic mass is 16.5. The SMILES string of the molecule is CCOc1ccc(Nc2ccc(C)cc2)cc1. The number of ether oxygens (including phenoxy) is 1. The molecule has 2 nitrogen and oxygen atoms in total. The molecule has 88 valence electrons. The van der Waals surface area contributed by atoms with Gasteiger partial charge in [-0.05, 0) is 50.2 Å². The Kier molecular flexibility index (Phi) is 3.66. The highest BCUT2D eigenvalue weighted by Crippen LogP contribution is 2.20. The standard InChI is InChI=1S/C15H17NO/c1-3-17-15-10-8-14(9-11-15)16-13-6-4-12(2)5-7-13/h4-11,16H,3H2,1-2H3. The maximum absolute atomic E-state index is 5.40. The third-order valence-corrected chi connectivity index (χ3v) is 2.51. The molecule has 0 spiro atoms. The number of nitrogens with one attached hydrogen (secondary N) is 1. The summed E-state index contributed by atoms with van der Waals surface area (Å²) >= 11 is 0. The van der Waals surface area contributed by atoms with Gasteiger partial charge in [0.15, 0.2) is 0 Å². The molecule has 2 aromatic carbocycles. The van der Waals surface area contributed by atoms with E-state index in [1.807, 2.05) is 31.2 Å². The second-order valence-electron chi connectivity index (χ2n) is 3.95. The first kappa shape index (κ1) is 11.5. The Labute approximate surface area is 102 Å². The van der Waals surface area contributed by atoms with Gasteiger partial charge in [-0.2, -0.15) is 0 Å². The molecule has 2 aromatic rings. The molecule has 0 unspecified atom stereocenters. The van der Waals surface area contributed by atoms with Crippen LogP contribution in [0.25, 0.3) is 0 Å². The van der Waals surface area contributed by atoms with Gasteiger partial charge in [0.25, 0.3) is 0 Å². The van der Waals surface area contributed by atoms with Gasteiger partial charge in [0.2, 0.25) is 0 Å². The van der Waals surface area contributed by atoms with Crippen molar-refractivity contribution in [2.24, 2.45) is 0 Å². The van der Waals surface area contributed by atoms with Crippen molar-refractivity contribution in [2.45, 2.75) is 13.8 Å². The highest BCUT2D eigenvalue weighted by molar-refractivity contribution is 5.60. The smallest absolute Gasteiger partial charge is 0.119 e. The first-order valence-corrected chi connectivity index (χ1v) is 5.84. The molecular weight excluding hydrogens is 210 g/mol. The van der Waals surface area contributed by atoms with E-state index in [2.05, 4.69) is 36.5 Å². The lowest BCUT2D eigenvalue weighted by molar-refractivity contribution is 0.340. The predicted octanol–water partition coefficient (Wildman–Crippen LogP) is 4.14. The van der Waals surface area contributed by atoms with Gasteiger partial charge < -0.3 is 10.1 Å². The van der Waals surface area contributed by atoms with E-state index in [4.69, 9.17) is 4.74 Å². The Bertz CT molecular complexity index is 459. The molecule has 0 saturated carbocycles. The minimum Gasteiger partial charge on any atom is -0.494 e. The molecule has 0 fully saturated rings. The number of hydrogen-bond donors (Lipinski definition) is 1. The van der Waals surface area contributed by atoms with Crippen molar-refractivity contribution >= 4 is 11.4 Å². The van der Waals surface area contributed by atoms with Crippen molar-refractivity contribution in [2.75, 3.05) is 11.9 Å². The summed E-state index contributed by atoms with van der Waals surface area (Å²) in [5.74, 6) is 0.905. The minimum atomic E-state index is 0.699. The maximum Gasteiger partial charge on any atom is 0.119 e. The summed E-state index contributed by atoms with van der Waals surface area (Å²) in [5.41, 5.74) is 3.43. The molecule has 0 aromatic heterocycles. The van der Waals surface area contributed by atoms with Gasteiger partial charge in [-0.15, -0.1) is 0 Å². The van der Waals surface area contributed by atoms with Crippen molar-refractivity contribution in [3.05, 3.63) is 54.1 Å². The van der Waals surface area contributed by atoms with E-state index in [0.29, 0.717) is 6.61 Å². The zero-order valence-electron chi connectivity index (χ0n) is 10.2. The van der Waals surface area contributed by atoms with Crippen LogP contribution in [0.3, 0.4) is 0 Å². The summed E-state index contributed by atoms with van der Waals surface area (Å²) in [7, 11) is 0. The molecule has 2 heteroatoms. The van der Waals surface area contributed by atoms with Gasteiger partial charge in [0, 0.05) is 11.4 Å². The number of anilines is 2. The number of aryl methyl sites for hydroxylation is 1. The van der Waals surface area contributed by atoms with E-state index < -0.39 is 0 Å². The first-order chi connectivity index (χ1) is 8.28. The normalized spacial score (nSPS) is 10.0. The van der Waals surface area contributed by atoms with Crippen molar-refractivity contribution in [3.63, 3.8) is 0 Å². The van der Waals surface area contributed by atoms with Crippen molar-refractivity contribution in [1.82, 2.24) is 0 Å². The third kappa shape index (κ3) is 3.25. The molecule has 0 atom stereocenters. The maximum atomic E-state index is 5.40. The molecule has 0 aliphatic heterocycles. The number of rotatable bonds is 4. The van der Waals surface area contributed by atoms with Gasteiger partial charge >= 0.3 is 0 Å². The molecule has 2 rings (SSSR count). The lowest BCUT2D eigenvalue weighted by atomic mass is 10.2. The fraction of sp³-hybridized carbons (Fsp3) is 0.200. The zero-order valence-corrected chi connectivity index (χ0v) is 10.2.